The molecule has 1 aromatic heterocycles. The highest BCUT2D eigenvalue weighted by molar-refractivity contribution is 5.97. The van der Waals surface area contributed by atoms with Gasteiger partial charge in [-0.2, -0.15) is 18.3 Å². The maximum Gasteiger partial charge on any atom is 0.414 e. The van der Waals surface area contributed by atoms with Crippen LogP contribution in [0.5, 0.6) is 0 Å². The summed E-state index contributed by atoms with van der Waals surface area (Å²) in [6.07, 6.45) is -5.04. The number of likely N-dealkylation sites (tertiary alicyclic amines) is 1. The van der Waals surface area contributed by atoms with Gasteiger partial charge in [-0.05, 0) is 37.0 Å². The molecule has 1 fully saturated rings. The zero-order valence-electron chi connectivity index (χ0n) is 12.2. The summed E-state index contributed by atoms with van der Waals surface area (Å²) in [7, 11) is 0. The molecule has 1 aromatic carbocycles. The number of benzene rings is 1. The van der Waals surface area contributed by atoms with Crippen molar-refractivity contribution in [3.8, 4) is 0 Å². The number of amides is 1. The van der Waals surface area contributed by atoms with Gasteiger partial charge < -0.3 is 10.0 Å². The largest absolute Gasteiger partial charge is 0.414 e. The third-order valence-corrected chi connectivity index (χ3v) is 4.30. The molecule has 1 amide bonds. The van der Waals surface area contributed by atoms with Crippen LogP contribution in [0.2, 0.25) is 0 Å². The third kappa shape index (κ3) is 3.17. The number of alkyl halides is 3. The van der Waals surface area contributed by atoms with Crippen LogP contribution in [0, 0.1) is 5.92 Å². The van der Waals surface area contributed by atoms with E-state index in [9.17, 15) is 23.1 Å². The van der Waals surface area contributed by atoms with Crippen LogP contribution >= 0.6 is 0 Å². The van der Waals surface area contributed by atoms with Crippen LogP contribution in [0.4, 0.5) is 13.2 Å². The number of aromatic nitrogens is 2. The van der Waals surface area contributed by atoms with Crippen molar-refractivity contribution in [1.29, 1.82) is 0 Å². The zero-order valence-corrected chi connectivity index (χ0v) is 12.2. The van der Waals surface area contributed by atoms with Gasteiger partial charge in [0.05, 0.1) is 11.7 Å². The molecule has 2 aromatic rings. The quantitative estimate of drug-likeness (QED) is 0.889. The van der Waals surface area contributed by atoms with Gasteiger partial charge in [-0.15, -0.1) is 0 Å². The Morgan fingerprint density at radius 1 is 1.35 bits per heavy atom. The Morgan fingerprint density at radius 2 is 2.04 bits per heavy atom. The first-order valence-electron chi connectivity index (χ1n) is 7.33. The molecular weight excluding hydrogens is 311 g/mol. The number of rotatable bonds is 2. The molecule has 0 aliphatic carbocycles. The van der Waals surface area contributed by atoms with Gasteiger partial charge in [0.2, 0.25) is 0 Å². The van der Waals surface area contributed by atoms with Gasteiger partial charge >= 0.3 is 6.18 Å². The predicted octanol–water partition coefficient (Wildman–Crippen LogP) is 2.34. The summed E-state index contributed by atoms with van der Waals surface area (Å²) in [4.78, 5) is 14.0. The zero-order chi connectivity index (χ0) is 16.6. The summed E-state index contributed by atoms with van der Waals surface area (Å²) in [5.41, 5.74) is 1.29. The highest BCUT2D eigenvalue weighted by Crippen LogP contribution is 2.32. The maximum absolute atomic E-state index is 12.5. The van der Waals surface area contributed by atoms with E-state index in [0.29, 0.717) is 5.56 Å². The Morgan fingerprint density at radius 3 is 2.70 bits per heavy atom. The average Bonchev–Trinajstić information content (AvgIpc) is 3.00. The first-order valence-corrected chi connectivity index (χ1v) is 7.33. The predicted molar refractivity (Wildman–Crippen MR) is 76.8 cm³/mol. The Labute approximate surface area is 130 Å². The minimum absolute atomic E-state index is 0.139. The van der Waals surface area contributed by atoms with E-state index in [1.54, 1.807) is 24.4 Å². The standard InChI is InChI=1S/C15H16F3N3O2/c16-15(17,18)13(22)9-3-5-21(6-4-9)14(23)10-1-2-12-11(7-10)8-19-20-12/h1-2,7-9,13,22H,3-6H2,(H,19,20). The molecule has 2 N–H and O–H groups in total. The van der Waals surface area contributed by atoms with Crippen molar-refractivity contribution in [3.05, 3.63) is 30.0 Å². The lowest BCUT2D eigenvalue weighted by atomic mass is 9.90. The fourth-order valence-corrected chi connectivity index (χ4v) is 2.94. The number of nitrogens with zero attached hydrogens (tertiary/aromatic N) is 2. The van der Waals surface area contributed by atoms with Crippen molar-refractivity contribution in [3.63, 3.8) is 0 Å². The van der Waals surface area contributed by atoms with E-state index < -0.39 is 18.2 Å². The molecule has 23 heavy (non-hydrogen) atoms. The molecule has 0 saturated carbocycles. The third-order valence-electron chi connectivity index (χ3n) is 4.30. The number of aliphatic hydroxyl groups excluding tert-OH is 1. The first-order chi connectivity index (χ1) is 10.9. The molecule has 1 saturated heterocycles. The van der Waals surface area contributed by atoms with Gasteiger partial charge in [0.25, 0.3) is 5.91 Å². The molecule has 0 radical (unpaired) electrons. The van der Waals surface area contributed by atoms with Crippen LogP contribution in [0.25, 0.3) is 10.9 Å². The Kier molecular flexibility index (Phi) is 4.01. The highest BCUT2D eigenvalue weighted by Gasteiger charge is 2.44. The second-order valence-corrected chi connectivity index (χ2v) is 5.79. The summed E-state index contributed by atoms with van der Waals surface area (Å²) in [6.45, 7) is 0.417. The smallest absolute Gasteiger partial charge is 0.383 e. The number of carbonyl (C=O) groups excluding carboxylic acids is 1. The molecule has 2 heterocycles. The van der Waals surface area contributed by atoms with Crippen LogP contribution < -0.4 is 0 Å². The van der Waals surface area contributed by atoms with Crippen LogP contribution in [-0.4, -0.2) is 51.5 Å². The van der Waals surface area contributed by atoms with E-state index >= 15 is 0 Å². The van der Waals surface area contributed by atoms with Crippen molar-refractivity contribution in [1.82, 2.24) is 15.1 Å². The molecule has 1 unspecified atom stereocenters. The molecule has 0 bridgehead atoms. The average molecular weight is 327 g/mol. The molecule has 1 atom stereocenters. The summed E-state index contributed by atoms with van der Waals surface area (Å²) in [5, 5.41) is 16.8. The minimum Gasteiger partial charge on any atom is -0.383 e. The van der Waals surface area contributed by atoms with E-state index in [1.165, 1.54) is 4.90 Å². The number of H-pyrrole nitrogens is 1. The Balaban J connectivity index is 1.66. The number of aliphatic hydroxyl groups is 1. The van der Waals surface area contributed by atoms with Crippen LogP contribution in [0.1, 0.15) is 23.2 Å². The van der Waals surface area contributed by atoms with Crippen LogP contribution in [-0.2, 0) is 0 Å². The van der Waals surface area contributed by atoms with Crippen molar-refractivity contribution >= 4 is 16.8 Å². The van der Waals surface area contributed by atoms with E-state index in [0.717, 1.165) is 10.9 Å². The highest BCUT2D eigenvalue weighted by atomic mass is 19.4. The van der Waals surface area contributed by atoms with E-state index in [4.69, 9.17) is 0 Å². The molecule has 1 aliphatic rings. The van der Waals surface area contributed by atoms with Gasteiger partial charge in [0.15, 0.2) is 6.10 Å². The minimum atomic E-state index is -4.61. The van der Waals surface area contributed by atoms with Crippen LogP contribution in [0.3, 0.4) is 0 Å². The monoisotopic (exact) mass is 327 g/mol. The van der Waals surface area contributed by atoms with Gasteiger partial charge in [-0.25, -0.2) is 0 Å². The normalized spacial score (nSPS) is 18.3. The van der Waals surface area contributed by atoms with Gasteiger partial charge in [-0.1, -0.05) is 0 Å². The number of carbonyl (C=O) groups is 1. The van der Waals surface area contributed by atoms with E-state index in [2.05, 4.69) is 10.2 Å². The molecule has 1 aliphatic heterocycles. The summed E-state index contributed by atoms with van der Waals surface area (Å²) >= 11 is 0. The SMILES string of the molecule is O=C(c1ccc2[nH]ncc2c1)N1CCC(C(O)C(F)(F)F)CC1. The number of aromatic amines is 1. The lowest BCUT2D eigenvalue weighted by molar-refractivity contribution is -0.222. The second-order valence-electron chi connectivity index (χ2n) is 5.79. The molecule has 5 nitrogen and oxygen atoms in total. The molecular formula is C15H16F3N3O2. The second kappa shape index (κ2) is 5.84. The molecule has 8 heteroatoms. The van der Waals surface area contributed by atoms with Crippen molar-refractivity contribution < 1.29 is 23.1 Å². The number of hydrogen-bond donors (Lipinski definition) is 2. The maximum atomic E-state index is 12.5. The molecule has 0 spiro atoms. The fraction of sp³-hybridized carbons (Fsp3) is 0.467. The number of hydrogen-bond acceptors (Lipinski definition) is 3. The summed E-state index contributed by atoms with van der Waals surface area (Å²) < 4.78 is 37.6. The lowest BCUT2D eigenvalue weighted by Gasteiger charge is -2.34. The van der Waals surface area contributed by atoms with Gasteiger partial charge in [0, 0.05) is 24.0 Å². The lowest BCUT2D eigenvalue weighted by Crippen LogP contribution is -2.45. The summed E-state index contributed by atoms with van der Waals surface area (Å²) in [5.74, 6) is -1.07. The number of nitrogens with one attached hydrogen (secondary N) is 1. The fourth-order valence-electron chi connectivity index (χ4n) is 2.94. The number of piperidine rings is 1. The van der Waals surface area contributed by atoms with Gasteiger partial charge in [-0.3, -0.25) is 9.89 Å². The topological polar surface area (TPSA) is 69.2 Å². The summed E-state index contributed by atoms with van der Waals surface area (Å²) in [6, 6.07) is 5.12. The molecule has 124 valence electrons. The van der Waals surface area contributed by atoms with Crippen molar-refractivity contribution in [2.75, 3.05) is 13.1 Å². The Bertz CT molecular complexity index is 705. The van der Waals surface area contributed by atoms with Crippen molar-refractivity contribution in [2.24, 2.45) is 5.92 Å². The van der Waals surface area contributed by atoms with Crippen molar-refractivity contribution in [2.45, 2.75) is 25.1 Å². The van der Waals surface area contributed by atoms with Gasteiger partial charge in [0.1, 0.15) is 0 Å². The van der Waals surface area contributed by atoms with E-state index in [-0.39, 0.29) is 31.8 Å². The number of fused-ring (bicyclic) bond motifs is 1. The number of halogens is 3. The first kappa shape index (κ1) is 15.8. The van der Waals surface area contributed by atoms with Crippen LogP contribution in [0.15, 0.2) is 24.4 Å². The Hall–Kier alpha value is -2.09. The molecule has 3 rings (SSSR count). The van der Waals surface area contributed by atoms with E-state index in [1.807, 2.05) is 0 Å².